The van der Waals surface area contributed by atoms with Gasteiger partial charge in [0.1, 0.15) is 5.82 Å². The summed E-state index contributed by atoms with van der Waals surface area (Å²) in [5.41, 5.74) is 4.95. The number of rotatable bonds is 2. The Labute approximate surface area is 126 Å². The molecule has 0 saturated heterocycles. The van der Waals surface area contributed by atoms with Crippen molar-refractivity contribution in [2.75, 3.05) is 5.32 Å². The number of anilines is 1. The molecular formula is C19H22FN. The highest BCUT2D eigenvalue weighted by atomic mass is 19.1. The van der Waals surface area contributed by atoms with Gasteiger partial charge in [0.2, 0.25) is 0 Å². The van der Waals surface area contributed by atoms with Crippen molar-refractivity contribution in [2.45, 2.75) is 39.7 Å². The molecule has 2 heteroatoms. The molecule has 0 aliphatic heterocycles. The summed E-state index contributed by atoms with van der Waals surface area (Å²) >= 11 is 0. The third-order valence-electron chi connectivity index (χ3n) is 4.67. The highest BCUT2D eigenvalue weighted by Gasteiger charge is 2.35. The molecule has 0 fully saturated rings. The van der Waals surface area contributed by atoms with Crippen molar-refractivity contribution in [3.63, 3.8) is 0 Å². The molecule has 1 atom stereocenters. The summed E-state index contributed by atoms with van der Waals surface area (Å²) in [5, 5.41) is 3.66. The number of halogens is 1. The highest BCUT2D eigenvalue weighted by molar-refractivity contribution is 5.53. The average Bonchev–Trinajstić information content (AvgIpc) is 2.44. The first-order valence-electron chi connectivity index (χ1n) is 7.58. The Bertz CT molecular complexity index is 660. The van der Waals surface area contributed by atoms with Crippen molar-refractivity contribution in [3.8, 4) is 0 Å². The lowest BCUT2D eigenvalue weighted by Crippen LogP contribution is -2.33. The Morgan fingerprint density at radius 1 is 1.14 bits per heavy atom. The van der Waals surface area contributed by atoms with Crippen molar-refractivity contribution < 1.29 is 4.39 Å². The van der Waals surface area contributed by atoms with Crippen LogP contribution in [0.15, 0.2) is 42.5 Å². The Hall–Kier alpha value is -1.83. The zero-order chi connectivity index (χ0) is 15.0. The van der Waals surface area contributed by atoms with Gasteiger partial charge < -0.3 is 5.32 Å². The molecule has 21 heavy (non-hydrogen) atoms. The zero-order valence-electron chi connectivity index (χ0n) is 12.9. The van der Waals surface area contributed by atoms with Crippen molar-refractivity contribution >= 4 is 5.69 Å². The summed E-state index contributed by atoms with van der Waals surface area (Å²) in [7, 11) is 0. The predicted octanol–water partition coefficient (Wildman–Crippen LogP) is 5.26. The lowest BCUT2D eigenvalue weighted by molar-refractivity contribution is 0.265. The van der Waals surface area contributed by atoms with Gasteiger partial charge in [-0.25, -0.2) is 4.39 Å². The molecule has 0 amide bonds. The molecule has 1 unspecified atom stereocenters. The first-order chi connectivity index (χ1) is 9.97. The van der Waals surface area contributed by atoms with E-state index in [1.807, 2.05) is 13.0 Å². The average molecular weight is 283 g/mol. The summed E-state index contributed by atoms with van der Waals surface area (Å²) in [6.07, 6.45) is 2.28. The highest BCUT2D eigenvalue weighted by Crippen LogP contribution is 2.45. The maximum absolute atomic E-state index is 13.3. The maximum atomic E-state index is 13.3. The number of aryl methyl sites for hydroxylation is 2. The van der Waals surface area contributed by atoms with Crippen LogP contribution in [0.2, 0.25) is 0 Å². The van der Waals surface area contributed by atoms with Crippen LogP contribution in [-0.4, -0.2) is 0 Å². The molecule has 1 N–H and O–H groups in total. The second-order valence-electron chi connectivity index (χ2n) is 6.72. The van der Waals surface area contributed by atoms with Crippen molar-refractivity contribution in [3.05, 3.63) is 65.0 Å². The fraction of sp³-hybridized carbons (Fsp3) is 0.368. The van der Waals surface area contributed by atoms with E-state index in [0.717, 1.165) is 24.1 Å². The van der Waals surface area contributed by atoms with Crippen molar-refractivity contribution in [2.24, 2.45) is 5.41 Å². The van der Waals surface area contributed by atoms with E-state index in [-0.39, 0.29) is 17.3 Å². The SMILES string of the molecule is Cc1cc(F)ccc1NC1c2ccccc2CCC1(C)C. The minimum Gasteiger partial charge on any atom is -0.377 e. The normalized spacial score (nSPS) is 19.9. The van der Waals surface area contributed by atoms with Crippen molar-refractivity contribution in [1.82, 2.24) is 0 Å². The van der Waals surface area contributed by atoms with Gasteiger partial charge >= 0.3 is 0 Å². The van der Waals surface area contributed by atoms with E-state index in [2.05, 4.69) is 43.4 Å². The number of benzene rings is 2. The topological polar surface area (TPSA) is 12.0 Å². The molecule has 0 saturated carbocycles. The van der Waals surface area contributed by atoms with Crippen LogP contribution in [0.3, 0.4) is 0 Å². The van der Waals surface area contributed by atoms with Gasteiger partial charge in [-0.2, -0.15) is 0 Å². The van der Waals surface area contributed by atoms with E-state index in [1.165, 1.54) is 17.2 Å². The molecule has 0 bridgehead atoms. The van der Waals surface area contributed by atoms with Crippen LogP contribution in [0.4, 0.5) is 10.1 Å². The van der Waals surface area contributed by atoms with Crippen molar-refractivity contribution in [1.29, 1.82) is 0 Å². The van der Waals surface area contributed by atoms with Crippen LogP contribution in [-0.2, 0) is 6.42 Å². The van der Waals surface area contributed by atoms with Gasteiger partial charge in [-0.05, 0) is 60.1 Å². The van der Waals surface area contributed by atoms with Gasteiger partial charge in [-0.1, -0.05) is 38.1 Å². The largest absolute Gasteiger partial charge is 0.377 e. The van der Waals surface area contributed by atoms with Gasteiger partial charge in [-0.3, -0.25) is 0 Å². The van der Waals surface area contributed by atoms with Gasteiger partial charge in [0.15, 0.2) is 0 Å². The minimum atomic E-state index is -0.179. The summed E-state index contributed by atoms with van der Waals surface area (Å²) in [6.45, 7) is 6.56. The molecular weight excluding hydrogens is 261 g/mol. The van der Waals surface area contributed by atoms with Crippen LogP contribution >= 0.6 is 0 Å². The molecule has 2 aromatic carbocycles. The predicted molar refractivity (Wildman–Crippen MR) is 86.0 cm³/mol. The van der Waals surface area contributed by atoms with E-state index in [1.54, 1.807) is 6.07 Å². The van der Waals surface area contributed by atoms with Gasteiger partial charge in [-0.15, -0.1) is 0 Å². The second kappa shape index (κ2) is 5.18. The van der Waals surface area contributed by atoms with Crippen LogP contribution in [0.5, 0.6) is 0 Å². The third kappa shape index (κ3) is 2.67. The molecule has 2 aromatic rings. The molecule has 1 nitrogen and oxygen atoms in total. The number of hydrogen-bond acceptors (Lipinski definition) is 1. The van der Waals surface area contributed by atoms with E-state index < -0.39 is 0 Å². The monoisotopic (exact) mass is 283 g/mol. The summed E-state index contributed by atoms with van der Waals surface area (Å²) < 4.78 is 13.3. The number of hydrogen-bond donors (Lipinski definition) is 1. The third-order valence-corrected chi connectivity index (χ3v) is 4.67. The first kappa shape index (κ1) is 14.1. The molecule has 3 rings (SSSR count). The summed E-state index contributed by atoms with van der Waals surface area (Å²) in [4.78, 5) is 0. The molecule has 0 spiro atoms. The molecule has 0 heterocycles. The molecule has 1 aliphatic rings. The van der Waals surface area contributed by atoms with E-state index in [0.29, 0.717) is 0 Å². The maximum Gasteiger partial charge on any atom is 0.123 e. The molecule has 0 radical (unpaired) electrons. The Balaban J connectivity index is 1.99. The van der Waals surface area contributed by atoms with Gasteiger partial charge in [0, 0.05) is 5.69 Å². The van der Waals surface area contributed by atoms with Gasteiger partial charge in [0.05, 0.1) is 6.04 Å². The fourth-order valence-corrected chi connectivity index (χ4v) is 3.28. The minimum absolute atomic E-state index is 0.176. The Kier molecular flexibility index (Phi) is 3.48. The quantitative estimate of drug-likeness (QED) is 0.792. The van der Waals surface area contributed by atoms with Crippen LogP contribution in [0.1, 0.15) is 43.0 Å². The van der Waals surface area contributed by atoms with Crippen LogP contribution in [0.25, 0.3) is 0 Å². The van der Waals surface area contributed by atoms with Crippen LogP contribution < -0.4 is 5.32 Å². The smallest absolute Gasteiger partial charge is 0.123 e. The number of fused-ring (bicyclic) bond motifs is 1. The standard InChI is InChI=1S/C19H22FN/c1-13-12-15(20)8-9-17(13)21-18-16-7-5-4-6-14(16)10-11-19(18,2)3/h4-9,12,18,21H,10-11H2,1-3H3. The fourth-order valence-electron chi connectivity index (χ4n) is 3.28. The molecule has 110 valence electrons. The van der Waals surface area contributed by atoms with E-state index in [9.17, 15) is 4.39 Å². The number of nitrogens with one attached hydrogen (secondary N) is 1. The summed E-state index contributed by atoms with van der Waals surface area (Å²) in [6, 6.07) is 13.9. The first-order valence-corrected chi connectivity index (χ1v) is 7.58. The molecule has 0 aromatic heterocycles. The Morgan fingerprint density at radius 2 is 1.90 bits per heavy atom. The van der Waals surface area contributed by atoms with Gasteiger partial charge in [0.25, 0.3) is 0 Å². The molecule has 1 aliphatic carbocycles. The Morgan fingerprint density at radius 3 is 2.67 bits per heavy atom. The van der Waals surface area contributed by atoms with E-state index >= 15 is 0 Å². The zero-order valence-corrected chi connectivity index (χ0v) is 12.9. The lowest BCUT2D eigenvalue weighted by atomic mass is 9.70. The van der Waals surface area contributed by atoms with Crippen LogP contribution in [0, 0.1) is 18.2 Å². The lowest BCUT2D eigenvalue weighted by Gasteiger charge is -2.41. The summed E-state index contributed by atoms with van der Waals surface area (Å²) in [5.74, 6) is -0.179. The van der Waals surface area contributed by atoms with E-state index in [4.69, 9.17) is 0 Å². The second-order valence-corrected chi connectivity index (χ2v) is 6.72.